The average molecular weight is 412 g/mol. The number of benzene rings is 1. The number of rotatable bonds is 8. The SMILES string of the molecule is CCc1cc(Nc2cc(C)[nH]n2)nc(Sc2ccc(NC(=O)CN(C)C)cc2)n1. The van der Waals surface area contributed by atoms with Gasteiger partial charge in [0.05, 0.1) is 6.54 Å². The van der Waals surface area contributed by atoms with E-state index in [4.69, 9.17) is 0 Å². The lowest BCUT2D eigenvalue weighted by Gasteiger charge is -2.10. The molecule has 0 spiro atoms. The molecule has 0 aliphatic carbocycles. The van der Waals surface area contributed by atoms with E-state index in [0.29, 0.717) is 17.5 Å². The molecule has 0 aliphatic heterocycles. The second-order valence-corrected chi connectivity index (χ2v) is 7.89. The average Bonchev–Trinajstić information content (AvgIpc) is 3.07. The molecule has 0 atom stereocenters. The van der Waals surface area contributed by atoms with Gasteiger partial charge in [-0.1, -0.05) is 6.92 Å². The van der Waals surface area contributed by atoms with E-state index < -0.39 is 0 Å². The van der Waals surface area contributed by atoms with Crippen molar-refractivity contribution < 1.29 is 4.79 Å². The summed E-state index contributed by atoms with van der Waals surface area (Å²) in [4.78, 5) is 23.9. The maximum absolute atomic E-state index is 11.9. The minimum atomic E-state index is -0.0429. The van der Waals surface area contributed by atoms with Gasteiger partial charge in [0, 0.05) is 34.1 Å². The first kappa shape index (κ1) is 20.8. The topological polar surface area (TPSA) is 98.8 Å². The molecule has 9 heteroatoms. The summed E-state index contributed by atoms with van der Waals surface area (Å²) in [7, 11) is 3.72. The lowest BCUT2D eigenvalue weighted by Crippen LogP contribution is -2.26. The Labute approximate surface area is 174 Å². The largest absolute Gasteiger partial charge is 0.325 e. The number of hydrogen-bond acceptors (Lipinski definition) is 7. The molecule has 3 aromatic rings. The van der Waals surface area contributed by atoms with Crippen molar-refractivity contribution in [1.82, 2.24) is 25.1 Å². The summed E-state index contributed by atoms with van der Waals surface area (Å²) >= 11 is 1.47. The summed E-state index contributed by atoms with van der Waals surface area (Å²) in [5.74, 6) is 1.38. The van der Waals surface area contributed by atoms with Gasteiger partial charge in [0.25, 0.3) is 0 Å². The van der Waals surface area contributed by atoms with Gasteiger partial charge in [-0.3, -0.25) is 9.89 Å². The van der Waals surface area contributed by atoms with Crippen LogP contribution in [0.4, 0.5) is 17.3 Å². The van der Waals surface area contributed by atoms with Crippen LogP contribution in [-0.4, -0.2) is 51.6 Å². The Morgan fingerprint density at radius 1 is 1.14 bits per heavy atom. The monoisotopic (exact) mass is 411 g/mol. The van der Waals surface area contributed by atoms with Crippen molar-refractivity contribution in [3.8, 4) is 0 Å². The Morgan fingerprint density at radius 3 is 2.52 bits per heavy atom. The van der Waals surface area contributed by atoms with Crippen LogP contribution >= 0.6 is 11.8 Å². The third-order valence-corrected chi connectivity index (χ3v) is 4.76. The number of nitrogens with one attached hydrogen (secondary N) is 3. The van der Waals surface area contributed by atoms with Crippen molar-refractivity contribution in [2.75, 3.05) is 31.3 Å². The highest BCUT2D eigenvalue weighted by molar-refractivity contribution is 7.99. The van der Waals surface area contributed by atoms with Crippen molar-refractivity contribution >= 4 is 35.0 Å². The summed E-state index contributed by atoms with van der Waals surface area (Å²) in [5.41, 5.74) is 2.69. The molecule has 29 heavy (non-hydrogen) atoms. The number of aromatic nitrogens is 4. The molecule has 0 aliphatic rings. The first-order valence-electron chi connectivity index (χ1n) is 9.30. The van der Waals surface area contributed by atoms with E-state index in [1.165, 1.54) is 11.8 Å². The van der Waals surface area contributed by atoms with E-state index in [1.54, 1.807) is 0 Å². The number of anilines is 3. The fourth-order valence-electron chi connectivity index (χ4n) is 2.58. The van der Waals surface area contributed by atoms with Gasteiger partial charge in [-0.2, -0.15) is 5.10 Å². The van der Waals surface area contributed by atoms with Crippen molar-refractivity contribution in [2.24, 2.45) is 0 Å². The third-order valence-electron chi connectivity index (χ3n) is 3.89. The van der Waals surface area contributed by atoms with Gasteiger partial charge in [0.15, 0.2) is 11.0 Å². The number of amides is 1. The van der Waals surface area contributed by atoms with Crippen molar-refractivity contribution in [3.05, 3.63) is 47.8 Å². The molecular formula is C20H25N7OS. The van der Waals surface area contributed by atoms with E-state index in [1.807, 2.05) is 62.3 Å². The van der Waals surface area contributed by atoms with Crippen molar-refractivity contribution in [1.29, 1.82) is 0 Å². The fraction of sp³-hybridized carbons (Fsp3) is 0.300. The summed E-state index contributed by atoms with van der Waals surface area (Å²) in [6, 6.07) is 11.5. The van der Waals surface area contributed by atoms with Gasteiger partial charge >= 0.3 is 0 Å². The Morgan fingerprint density at radius 2 is 1.90 bits per heavy atom. The number of carbonyl (C=O) groups is 1. The van der Waals surface area contributed by atoms with E-state index in [0.717, 1.165) is 34.2 Å². The van der Waals surface area contributed by atoms with Gasteiger partial charge in [-0.15, -0.1) is 0 Å². The van der Waals surface area contributed by atoms with Gasteiger partial charge in [-0.05, 0) is 63.5 Å². The minimum absolute atomic E-state index is 0.0429. The van der Waals surface area contributed by atoms with Crippen LogP contribution in [0.2, 0.25) is 0 Å². The molecule has 0 fully saturated rings. The zero-order chi connectivity index (χ0) is 20.8. The van der Waals surface area contributed by atoms with E-state index in [2.05, 4.69) is 37.7 Å². The molecule has 3 N–H and O–H groups in total. The van der Waals surface area contributed by atoms with E-state index >= 15 is 0 Å². The lowest BCUT2D eigenvalue weighted by atomic mass is 10.3. The molecule has 152 valence electrons. The number of likely N-dealkylation sites (N-methyl/N-ethyl adjacent to an activating group) is 1. The van der Waals surface area contributed by atoms with Gasteiger partial charge in [0.2, 0.25) is 5.91 Å². The van der Waals surface area contributed by atoms with Crippen LogP contribution in [0.1, 0.15) is 18.3 Å². The Kier molecular flexibility index (Phi) is 6.84. The Bertz CT molecular complexity index is 969. The predicted octanol–water partition coefficient (Wildman–Crippen LogP) is 3.47. The maximum Gasteiger partial charge on any atom is 0.238 e. The van der Waals surface area contributed by atoms with Crippen LogP contribution in [0.5, 0.6) is 0 Å². The van der Waals surface area contributed by atoms with Crippen molar-refractivity contribution in [3.63, 3.8) is 0 Å². The summed E-state index contributed by atoms with van der Waals surface area (Å²) in [6.45, 7) is 4.35. The van der Waals surface area contributed by atoms with Crippen LogP contribution in [0.3, 0.4) is 0 Å². The number of aromatic amines is 1. The van der Waals surface area contributed by atoms with Crippen molar-refractivity contribution in [2.45, 2.75) is 30.3 Å². The highest BCUT2D eigenvalue weighted by atomic mass is 32.2. The second kappa shape index (κ2) is 9.53. The number of H-pyrrole nitrogens is 1. The highest BCUT2D eigenvalue weighted by Crippen LogP contribution is 2.28. The Balaban J connectivity index is 1.70. The number of hydrogen-bond donors (Lipinski definition) is 3. The number of aryl methyl sites for hydroxylation is 2. The molecule has 2 heterocycles. The van der Waals surface area contributed by atoms with E-state index in [9.17, 15) is 4.79 Å². The zero-order valence-corrected chi connectivity index (χ0v) is 17.8. The van der Waals surface area contributed by atoms with Crippen LogP contribution in [0.15, 0.2) is 46.5 Å². The molecule has 1 aromatic carbocycles. The zero-order valence-electron chi connectivity index (χ0n) is 17.0. The van der Waals surface area contributed by atoms with Gasteiger partial charge < -0.3 is 15.5 Å². The quantitative estimate of drug-likeness (QED) is 0.488. The van der Waals surface area contributed by atoms with Crippen LogP contribution < -0.4 is 10.6 Å². The van der Waals surface area contributed by atoms with Gasteiger partial charge in [-0.25, -0.2) is 9.97 Å². The number of carbonyl (C=O) groups excluding carboxylic acids is 1. The second-order valence-electron chi connectivity index (χ2n) is 6.85. The molecule has 8 nitrogen and oxygen atoms in total. The predicted molar refractivity (Wildman–Crippen MR) is 116 cm³/mol. The summed E-state index contributed by atoms with van der Waals surface area (Å²) < 4.78 is 0. The normalized spacial score (nSPS) is 10.9. The van der Waals surface area contributed by atoms with Crippen LogP contribution in [-0.2, 0) is 11.2 Å². The van der Waals surface area contributed by atoms with E-state index in [-0.39, 0.29) is 5.91 Å². The molecule has 3 rings (SSSR count). The lowest BCUT2D eigenvalue weighted by molar-refractivity contribution is -0.116. The summed E-state index contributed by atoms with van der Waals surface area (Å²) in [6.07, 6.45) is 0.807. The fourth-order valence-corrected chi connectivity index (χ4v) is 3.37. The first-order chi connectivity index (χ1) is 13.9. The molecule has 0 bridgehead atoms. The highest BCUT2D eigenvalue weighted by Gasteiger charge is 2.09. The minimum Gasteiger partial charge on any atom is -0.325 e. The van der Waals surface area contributed by atoms with Crippen LogP contribution in [0.25, 0.3) is 0 Å². The van der Waals surface area contributed by atoms with Gasteiger partial charge in [0.1, 0.15) is 5.82 Å². The number of nitrogens with zero attached hydrogens (tertiary/aromatic N) is 4. The smallest absolute Gasteiger partial charge is 0.238 e. The Hall–Kier alpha value is -2.91. The first-order valence-corrected chi connectivity index (χ1v) is 10.1. The molecule has 0 unspecified atom stereocenters. The summed E-state index contributed by atoms with van der Waals surface area (Å²) in [5, 5.41) is 13.8. The molecule has 1 amide bonds. The molecule has 0 saturated heterocycles. The molecule has 0 saturated carbocycles. The molecule has 0 radical (unpaired) electrons. The molecule has 2 aromatic heterocycles. The standard InChI is InChI=1S/C20H25N7OS/c1-5-14-11-17(23-18-10-13(2)25-26-18)24-20(22-14)29-16-8-6-15(7-9-16)21-19(28)12-27(3)4/h6-11H,5,12H2,1-4H3,(H,21,28)(H2,22,23,24,25,26). The third kappa shape index (κ3) is 6.30. The molecular weight excluding hydrogens is 386 g/mol. The maximum atomic E-state index is 11.9. The van der Waals surface area contributed by atoms with Crippen LogP contribution in [0, 0.1) is 6.92 Å².